The molecule has 1 fully saturated rings. The predicted octanol–water partition coefficient (Wildman–Crippen LogP) is 6.59. The van der Waals surface area contributed by atoms with Crippen molar-refractivity contribution in [2.45, 2.75) is 39.0 Å². The zero-order valence-corrected chi connectivity index (χ0v) is 18.9. The summed E-state index contributed by atoms with van der Waals surface area (Å²) in [6, 6.07) is 17.9. The average molecular weight is 435 g/mol. The number of amides is 1. The van der Waals surface area contributed by atoms with E-state index in [-0.39, 0.29) is 5.91 Å². The zero-order valence-electron chi connectivity index (χ0n) is 18.1. The SMILES string of the molecule is Cc1cc(Oc2ccccc2C(C)C)ccc1C1CCN(C(=O)c2ncccc2Cl)C1. The molecule has 2 heterocycles. The van der Waals surface area contributed by atoms with E-state index >= 15 is 0 Å². The Balaban J connectivity index is 1.48. The Morgan fingerprint density at radius 2 is 1.97 bits per heavy atom. The van der Waals surface area contributed by atoms with Crippen LogP contribution in [0.2, 0.25) is 5.02 Å². The van der Waals surface area contributed by atoms with Crippen molar-refractivity contribution in [3.8, 4) is 11.5 Å². The number of hydrogen-bond acceptors (Lipinski definition) is 3. The van der Waals surface area contributed by atoms with Gasteiger partial charge in [0, 0.05) is 25.2 Å². The Morgan fingerprint density at radius 1 is 1.16 bits per heavy atom. The molecule has 0 spiro atoms. The summed E-state index contributed by atoms with van der Waals surface area (Å²) in [5.74, 6) is 2.32. The number of aromatic nitrogens is 1. The van der Waals surface area contributed by atoms with E-state index in [9.17, 15) is 4.79 Å². The van der Waals surface area contributed by atoms with Crippen molar-refractivity contribution < 1.29 is 9.53 Å². The highest BCUT2D eigenvalue weighted by atomic mass is 35.5. The van der Waals surface area contributed by atoms with Crippen molar-refractivity contribution in [2.75, 3.05) is 13.1 Å². The molecule has 0 saturated carbocycles. The van der Waals surface area contributed by atoms with E-state index in [1.807, 2.05) is 29.2 Å². The molecule has 2 aromatic carbocycles. The number of carbonyl (C=O) groups is 1. The number of halogens is 1. The molecule has 1 aromatic heterocycles. The standard InChI is InChI=1S/C26H27ClN2O2/c1-17(2)21-7-4-5-9-24(21)31-20-10-11-22(18(3)15-20)19-12-14-29(16-19)26(30)25-23(27)8-6-13-28-25/h4-11,13,15,17,19H,12,14,16H2,1-3H3. The third kappa shape index (κ3) is 4.59. The van der Waals surface area contributed by atoms with Gasteiger partial charge in [0.2, 0.25) is 0 Å². The normalized spacial score (nSPS) is 16.0. The van der Waals surface area contributed by atoms with E-state index in [0.717, 1.165) is 17.9 Å². The molecule has 1 unspecified atom stereocenters. The van der Waals surface area contributed by atoms with Crippen LogP contribution in [0.5, 0.6) is 11.5 Å². The first-order chi connectivity index (χ1) is 14.9. The van der Waals surface area contributed by atoms with Crippen LogP contribution >= 0.6 is 11.6 Å². The molecule has 1 aliphatic heterocycles. The van der Waals surface area contributed by atoms with Gasteiger partial charge in [-0.3, -0.25) is 4.79 Å². The Bertz CT molecular complexity index is 1100. The maximum Gasteiger partial charge on any atom is 0.274 e. The second kappa shape index (κ2) is 9.11. The topological polar surface area (TPSA) is 42.4 Å². The fourth-order valence-corrected chi connectivity index (χ4v) is 4.44. The summed E-state index contributed by atoms with van der Waals surface area (Å²) < 4.78 is 6.21. The lowest BCUT2D eigenvalue weighted by atomic mass is 9.94. The minimum Gasteiger partial charge on any atom is -0.457 e. The summed E-state index contributed by atoms with van der Waals surface area (Å²) in [5, 5.41) is 0.398. The van der Waals surface area contributed by atoms with E-state index < -0.39 is 0 Å². The third-order valence-corrected chi connectivity index (χ3v) is 6.19. The number of aryl methyl sites for hydroxylation is 1. The second-order valence-corrected chi connectivity index (χ2v) is 8.79. The van der Waals surface area contributed by atoms with E-state index in [1.165, 1.54) is 16.7 Å². The number of rotatable bonds is 5. The van der Waals surface area contributed by atoms with Crippen molar-refractivity contribution >= 4 is 17.5 Å². The molecule has 160 valence electrons. The maximum atomic E-state index is 12.8. The van der Waals surface area contributed by atoms with Crippen molar-refractivity contribution in [1.82, 2.24) is 9.88 Å². The van der Waals surface area contributed by atoms with E-state index in [1.54, 1.807) is 18.3 Å². The summed E-state index contributed by atoms with van der Waals surface area (Å²) in [7, 11) is 0. The molecule has 0 radical (unpaired) electrons. The minimum absolute atomic E-state index is 0.101. The molecular weight excluding hydrogens is 408 g/mol. The van der Waals surface area contributed by atoms with Crippen molar-refractivity contribution in [3.05, 3.63) is 88.2 Å². The second-order valence-electron chi connectivity index (χ2n) is 8.38. The fourth-order valence-electron chi connectivity index (χ4n) is 4.24. The van der Waals surface area contributed by atoms with E-state index in [2.05, 4.69) is 44.0 Å². The Kier molecular flexibility index (Phi) is 6.28. The summed E-state index contributed by atoms with van der Waals surface area (Å²) in [4.78, 5) is 18.9. The molecule has 4 nitrogen and oxygen atoms in total. The monoisotopic (exact) mass is 434 g/mol. The van der Waals surface area contributed by atoms with Crippen LogP contribution in [0.15, 0.2) is 60.8 Å². The van der Waals surface area contributed by atoms with Gasteiger partial charge in [-0.25, -0.2) is 4.98 Å². The van der Waals surface area contributed by atoms with E-state index in [0.29, 0.717) is 35.6 Å². The van der Waals surface area contributed by atoms with Gasteiger partial charge in [0.25, 0.3) is 5.91 Å². The van der Waals surface area contributed by atoms with Crippen molar-refractivity contribution in [3.63, 3.8) is 0 Å². The smallest absolute Gasteiger partial charge is 0.274 e. The van der Waals surface area contributed by atoms with Gasteiger partial charge in [-0.1, -0.05) is 49.7 Å². The molecule has 1 amide bonds. The minimum atomic E-state index is -0.101. The number of para-hydroxylation sites is 1. The fraction of sp³-hybridized carbons (Fsp3) is 0.308. The van der Waals surface area contributed by atoms with Crippen LogP contribution in [0, 0.1) is 6.92 Å². The highest BCUT2D eigenvalue weighted by Gasteiger charge is 2.30. The Labute approximate surface area is 188 Å². The number of hydrogen-bond donors (Lipinski definition) is 0. The van der Waals surface area contributed by atoms with Crippen molar-refractivity contribution in [2.24, 2.45) is 0 Å². The zero-order chi connectivity index (χ0) is 22.0. The maximum absolute atomic E-state index is 12.8. The first-order valence-corrected chi connectivity index (χ1v) is 11.1. The van der Waals surface area contributed by atoms with Crippen LogP contribution in [-0.4, -0.2) is 28.9 Å². The molecular formula is C26H27ClN2O2. The van der Waals surface area contributed by atoms with Gasteiger partial charge in [0.15, 0.2) is 0 Å². The van der Waals surface area contributed by atoms with Gasteiger partial charge in [-0.05, 0) is 66.3 Å². The summed E-state index contributed by atoms with van der Waals surface area (Å²) in [5.41, 5.74) is 3.96. The number of carbonyl (C=O) groups excluding carboxylic acids is 1. The lowest BCUT2D eigenvalue weighted by Crippen LogP contribution is -2.29. The lowest BCUT2D eigenvalue weighted by Gasteiger charge is -2.19. The molecule has 0 bridgehead atoms. The third-order valence-electron chi connectivity index (χ3n) is 5.89. The molecule has 5 heteroatoms. The van der Waals surface area contributed by atoms with E-state index in [4.69, 9.17) is 16.3 Å². The van der Waals surface area contributed by atoms with Crippen LogP contribution in [0.3, 0.4) is 0 Å². The summed E-state index contributed by atoms with van der Waals surface area (Å²) in [6.07, 6.45) is 2.53. The molecule has 3 aromatic rings. The molecule has 1 saturated heterocycles. The summed E-state index contributed by atoms with van der Waals surface area (Å²) >= 11 is 6.17. The highest BCUT2D eigenvalue weighted by molar-refractivity contribution is 6.33. The van der Waals surface area contributed by atoms with Gasteiger partial charge >= 0.3 is 0 Å². The van der Waals surface area contributed by atoms with Gasteiger partial charge < -0.3 is 9.64 Å². The number of nitrogens with zero attached hydrogens (tertiary/aromatic N) is 2. The number of pyridine rings is 1. The van der Waals surface area contributed by atoms with Gasteiger partial charge in [-0.15, -0.1) is 0 Å². The number of likely N-dealkylation sites (tertiary alicyclic amines) is 1. The highest BCUT2D eigenvalue weighted by Crippen LogP contribution is 2.35. The first-order valence-electron chi connectivity index (χ1n) is 10.7. The predicted molar refractivity (Wildman–Crippen MR) is 124 cm³/mol. The van der Waals surface area contributed by atoms with Gasteiger partial charge in [-0.2, -0.15) is 0 Å². The lowest BCUT2D eigenvalue weighted by molar-refractivity contribution is 0.0785. The molecule has 4 rings (SSSR count). The molecule has 0 N–H and O–H groups in total. The van der Waals surface area contributed by atoms with Crippen LogP contribution in [-0.2, 0) is 0 Å². The van der Waals surface area contributed by atoms with Crippen molar-refractivity contribution in [1.29, 1.82) is 0 Å². The molecule has 1 atom stereocenters. The van der Waals surface area contributed by atoms with Gasteiger partial charge in [0.05, 0.1) is 5.02 Å². The van der Waals surface area contributed by atoms with Crippen LogP contribution < -0.4 is 4.74 Å². The molecule has 0 aliphatic carbocycles. The largest absolute Gasteiger partial charge is 0.457 e. The number of ether oxygens (including phenoxy) is 1. The first kappa shape index (κ1) is 21.4. The molecule has 31 heavy (non-hydrogen) atoms. The van der Waals surface area contributed by atoms with Gasteiger partial charge in [0.1, 0.15) is 17.2 Å². The van der Waals surface area contributed by atoms with Crippen LogP contribution in [0.4, 0.5) is 0 Å². The quantitative estimate of drug-likeness (QED) is 0.455. The Hall–Kier alpha value is -2.85. The van der Waals surface area contributed by atoms with Crippen LogP contribution in [0.1, 0.15) is 59.3 Å². The summed E-state index contributed by atoms with van der Waals surface area (Å²) in [6.45, 7) is 7.82. The Morgan fingerprint density at radius 3 is 2.71 bits per heavy atom. The average Bonchev–Trinajstić information content (AvgIpc) is 3.24. The van der Waals surface area contributed by atoms with Crippen LogP contribution in [0.25, 0.3) is 0 Å². The number of benzene rings is 2. The molecule has 1 aliphatic rings.